The van der Waals surface area contributed by atoms with Crippen molar-refractivity contribution in [3.63, 3.8) is 0 Å². The minimum atomic E-state index is 0.114. The van der Waals surface area contributed by atoms with Gasteiger partial charge in [-0.05, 0) is 58.4 Å². The van der Waals surface area contributed by atoms with Gasteiger partial charge in [-0.3, -0.25) is 0 Å². The largest absolute Gasteiger partial charge is 0.456 e. The van der Waals surface area contributed by atoms with Gasteiger partial charge in [0.25, 0.3) is 0 Å². The topological polar surface area (TPSA) is 21.3 Å². The molecule has 3 heteroatoms. The van der Waals surface area contributed by atoms with Gasteiger partial charge in [-0.2, -0.15) is 0 Å². The molecule has 0 radical (unpaired) electrons. The van der Waals surface area contributed by atoms with Crippen LogP contribution >= 0.6 is 11.6 Å². The Morgan fingerprint density at radius 1 is 0.690 bits per heavy atom. The van der Waals surface area contributed by atoms with Crippen LogP contribution in [-0.4, -0.2) is 0 Å². The van der Waals surface area contributed by atoms with Gasteiger partial charge in [0.2, 0.25) is 0 Å². The highest BCUT2D eigenvalue weighted by Crippen LogP contribution is 2.37. The van der Waals surface area contributed by atoms with Gasteiger partial charge in [0.15, 0.2) is 0 Å². The van der Waals surface area contributed by atoms with E-state index >= 15 is 0 Å². The lowest BCUT2D eigenvalue weighted by molar-refractivity contribution is 0.482. The molecular formula is C26H30ClNO. The van der Waals surface area contributed by atoms with E-state index in [9.17, 15) is 0 Å². The van der Waals surface area contributed by atoms with Gasteiger partial charge in [-0.1, -0.05) is 83.5 Å². The lowest BCUT2D eigenvalue weighted by Crippen LogP contribution is -2.10. The fourth-order valence-electron chi connectivity index (χ4n) is 3.05. The molecule has 1 N–H and O–H groups in total. The zero-order chi connectivity index (χ0) is 21.2. The third-order valence-electron chi connectivity index (χ3n) is 4.94. The first kappa shape index (κ1) is 21.3. The van der Waals surface area contributed by atoms with Crippen molar-refractivity contribution in [3.05, 3.63) is 82.9 Å². The number of benzene rings is 3. The van der Waals surface area contributed by atoms with Crippen molar-refractivity contribution in [2.75, 3.05) is 5.32 Å². The summed E-state index contributed by atoms with van der Waals surface area (Å²) in [6.45, 7) is 13.2. The average molecular weight is 408 g/mol. The standard InChI is InChI=1S/C26H30ClNO/c1-25(2,3)18-10-14-20(15-11-18)28-22-8-7-9-23(24(22)27)29-21-16-12-19(13-17-21)26(4,5)6/h7-17,28H,1-6H3. The highest BCUT2D eigenvalue weighted by atomic mass is 35.5. The van der Waals surface area contributed by atoms with E-state index < -0.39 is 0 Å². The van der Waals surface area contributed by atoms with E-state index in [1.165, 1.54) is 11.1 Å². The molecule has 0 unspecified atom stereocenters. The molecule has 0 aliphatic rings. The number of nitrogens with one attached hydrogen (secondary N) is 1. The highest BCUT2D eigenvalue weighted by molar-refractivity contribution is 6.34. The fourth-order valence-corrected chi connectivity index (χ4v) is 3.26. The van der Waals surface area contributed by atoms with Crippen molar-refractivity contribution in [1.29, 1.82) is 0 Å². The lowest BCUT2D eigenvalue weighted by atomic mass is 9.87. The minimum absolute atomic E-state index is 0.114. The summed E-state index contributed by atoms with van der Waals surface area (Å²) in [6, 6.07) is 22.4. The summed E-state index contributed by atoms with van der Waals surface area (Å²) in [5.74, 6) is 1.40. The Labute approximate surface area is 179 Å². The molecular weight excluding hydrogens is 378 g/mol. The maximum atomic E-state index is 6.63. The molecule has 152 valence electrons. The molecule has 0 atom stereocenters. The van der Waals surface area contributed by atoms with Crippen LogP contribution in [0.5, 0.6) is 11.5 Å². The van der Waals surface area contributed by atoms with Crippen LogP contribution in [0, 0.1) is 0 Å². The Kier molecular flexibility index (Phi) is 5.95. The van der Waals surface area contributed by atoms with Crippen LogP contribution in [0.3, 0.4) is 0 Å². The first-order chi connectivity index (χ1) is 13.5. The second-order valence-corrected chi connectivity index (χ2v) is 9.82. The number of halogens is 1. The third-order valence-corrected chi connectivity index (χ3v) is 5.33. The van der Waals surface area contributed by atoms with Crippen LogP contribution in [0.2, 0.25) is 5.02 Å². The molecule has 0 aliphatic heterocycles. The molecule has 0 heterocycles. The Morgan fingerprint density at radius 3 is 1.72 bits per heavy atom. The second-order valence-electron chi connectivity index (χ2n) is 9.45. The van der Waals surface area contributed by atoms with Crippen LogP contribution in [0.25, 0.3) is 0 Å². The number of hydrogen-bond donors (Lipinski definition) is 1. The zero-order valence-corrected chi connectivity index (χ0v) is 18.9. The summed E-state index contributed by atoms with van der Waals surface area (Å²) in [4.78, 5) is 0. The average Bonchev–Trinajstić information content (AvgIpc) is 2.64. The van der Waals surface area contributed by atoms with Crippen molar-refractivity contribution in [3.8, 4) is 11.5 Å². The van der Waals surface area contributed by atoms with Gasteiger partial charge in [0, 0.05) is 5.69 Å². The van der Waals surface area contributed by atoms with Crippen molar-refractivity contribution in [2.24, 2.45) is 0 Å². The number of anilines is 2. The SMILES string of the molecule is CC(C)(C)c1ccc(Nc2cccc(Oc3ccc(C(C)(C)C)cc3)c2Cl)cc1. The van der Waals surface area contributed by atoms with E-state index in [0.29, 0.717) is 10.8 Å². The van der Waals surface area contributed by atoms with E-state index in [0.717, 1.165) is 17.1 Å². The molecule has 3 rings (SSSR count). The van der Waals surface area contributed by atoms with Gasteiger partial charge < -0.3 is 10.1 Å². The number of rotatable bonds is 4. The van der Waals surface area contributed by atoms with Gasteiger partial charge >= 0.3 is 0 Å². The van der Waals surface area contributed by atoms with E-state index in [2.05, 4.69) is 83.3 Å². The Hall–Kier alpha value is -2.45. The third kappa shape index (κ3) is 5.33. The van der Waals surface area contributed by atoms with E-state index in [-0.39, 0.29) is 10.8 Å². The molecule has 3 aromatic rings. The molecule has 0 fully saturated rings. The predicted octanol–water partition coefficient (Wildman–Crippen LogP) is 8.47. The zero-order valence-electron chi connectivity index (χ0n) is 18.1. The summed E-state index contributed by atoms with van der Waals surface area (Å²) in [5.41, 5.74) is 4.62. The maximum Gasteiger partial charge on any atom is 0.148 e. The maximum absolute atomic E-state index is 6.63. The highest BCUT2D eigenvalue weighted by Gasteiger charge is 2.15. The Morgan fingerprint density at radius 2 is 1.21 bits per heavy atom. The summed E-state index contributed by atoms with van der Waals surface area (Å²) in [5, 5.41) is 3.96. The summed E-state index contributed by atoms with van der Waals surface area (Å²) in [7, 11) is 0. The molecule has 0 amide bonds. The van der Waals surface area contributed by atoms with Gasteiger partial charge in [0.1, 0.15) is 16.5 Å². The molecule has 0 saturated carbocycles. The van der Waals surface area contributed by atoms with Crippen molar-refractivity contribution in [1.82, 2.24) is 0 Å². The normalized spacial score (nSPS) is 12.0. The molecule has 3 aromatic carbocycles. The molecule has 2 nitrogen and oxygen atoms in total. The van der Waals surface area contributed by atoms with E-state index in [1.54, 1.807) is 0 Å². The Bertz CT molecular complexity index is 884. The second kappa shape index (κ2) is 8.12. The van der Waals surface area contributed by atoms with E-state index in [4.69, 9.17) is 16.3 Å². The molecule has 0 spiro atoms. The van der Waals surface area contributed by atoms with Crippen LogP contribution in [0.1, 0.15) is 52.7 Å². The smallest absolute Gasteiger partial charge is 0.148 e. The number of ether oxygens (including phenoxy) is 1. The molecule has 29 heavy (non-hydrogen) atoms. The van der Waals surface area contributed by atoms with Crippen molar-refractivity contribution >= 4 is 23.0 Å². The monoisotopic (exact) mass is 407 g/mol. The quantitative estimate of drug-likeness (QED) is 0.468. The van der Waals surface area contributed by atoms with Crippen molar-refractivity contribution in [2.45, 2.75) is 52.4 Å². The van der Waals surface area contributed by atoms with Gasteiger partial charge in [-0.25, -0.2) is 0 Å². The van der Waals surface area contributed by atoms with Gasteiger partial charge in [0.05, 0.1) is 5.69 Å². The number of hydrogen-bond acceptors (Lipinski definition) is 2. The first-order valence-electron chi connectivity index (χ1n) is 9.98. The Balaban J connectivity index is 1.77. The molecule has 0 bridgehead atoms. The summed E-state index contributed by atoms with van der Waals surface area (Å²) in [6.07, 6.45) is 0. The van der Waals surface area contributed by atoms with Crippen LogP contribution in [-0.2, 0) is 10.8 Å². The van der Waals surface area contributed by atoms with E-state index in [1.807, 2.05) is 30.3 Å². The van der Waals surface area contributed by atoms with Crippen molar-refractivity contribution < 1.29 is 4.74 Å². The molecule has 0 saturated heterocycles. The molecule has 0 aliphatic carbocycles. The van der Waals surface area contributed by atoms with Gasteiger partial charge in [-0.15, -0.1) is 0 Å². The minimum Gasteiger partial charge on any atom is -0.456 e. The molecule has 0 aromatic heterocycles. The lowest BCUT2D eigenvalue weighted by Gasteiger charge is -2.20. The predicted molar refractivity (Wildman–Crippen MR) is 125 cm³/mol. The first-order valence-corrected chi connectivity index (χ1v) is 10.4. The van der Waals surface area contributed by atoms with Crippen LogP contribution in [0.4, 0.5) is 11.4 Å². The fraction of sp³-hybridized carbons (Fsp3) is 0.308. The van der Waals surface area contributed by atoms with Crippen LogP contribution in [0.15, 0.2) is 66.7 Å². The van der Waals surface area contributed by atoms with Crippen LogP contribution < -0.4 is 10.1 Å². The summed E-state index contributed by atoms with van der Waals surface area (Å²) < 4.78 is 6.05. The summed E-state index contributed by atoms with van der Waals surface area (Å²) >= 11 is 6.63.